The summed E-state index contributed by atoms with van der Waals surface area (Å²) in [6.45, 7) is -5.64. The Kier molecular flexibility index (Phi) is 9.18. The predicted molar refractivity (Wildman–Crippen MR) is 158 cm³/mol. The Morgan fingerprint density at radius 3 is 2.30 bits per heavy atom. The zero-order chi connectivity index (χ0) is 33.8. The summed E-state index contributed by atoms with van der Waals surface area (Å²) in [5.74, 6) is -0.140. The first-order chi connectivity index (χ1) is 22.2. The van der Waals surface area contributed by atoms with E-state index in [-0.39, 0.29) is 34.1 Å². The molecule has 2 fully saturated rings. The van der Waals surface area contributed by atoms with Crippen molar-refractivity contribution < 1.29 is 57.2 Å². The minimum absolute atomic E-state index is 0.0237. The summed E-state index contributed by atoms with van der Waals surface area (Å²) >= 11 is 5.21. The SMILES string of the molecule is CO[C@H]1C(OP(O)(=S)OC[C@H]2O[C@@H](n3cnc4c(=O)[nH]c(N)nc43)C(O)[C@H]2O)[C@@H](COP(=O)(O)O)O[C@H]1n1cnc2c(N)ncnc21. The van der Waals surface area contributed by atoms with Crippen LogP contribution in [0.3, 0.4) is 0 Å². The van der Waals surface area contributed by atoms with Crippen molar-refractivity contribution >= 4 is 60.4 Å². The molecule has 47 heavy (non-hydrogen) atoms. The number of nitrogens with zero attached hydrogens (tertiary/aromatic N) is 7. The number of nitrogens with one attached hydrogen (secondary N) is 1. The largest absolute Gasteiger partial charge is 0.469 e. The van der Waals surface area contributed by atoms with Crippen molar-refractivity contribution in [2.24, 2.45) is 0 Å². The fraction of sp³-hybridized carbons (Fsp3) is 0.524. The highest BCUT2D eigenvalue weighted by molar-refractivity contribution is 8.07. The van der Waals surface area contributed by atoms with Crippen LogP contribution in [0.2, 0.25) is 0 Å². The predicted octanol–water partition coefficient (Wildman–Crippen LogP) is -2.62. The van der Waals surface area contributed by atoms with Gasteiger partial charge in [0.05, 0.1) is 25.9 Å². The van der Waals surface area contributed by atoms with Crippen molar-refractivity contribution in [3.63, 3.8) is 0 Å². The molecular weight excluding hydrogens is 694 g/mol. The molecule has 0 aliphatic carbocycles. The van der Waals surface area contributed by atoms with Gasteiger partial charge in [0.25, 0.3) is 5.56 Å². The zero-order valence-electron chi connectivity index (χ0n) is 23.9. The summed E-state index contributed by atoms with van der Waals surface area (Å²) in [7, 11) is -3.70. The van der Waals surface area contributed by atoms with E-state index in [2.05, 4.69) is 34.4 Å². The lowest BCUT2D eigenvalue weighted by atomic mass is 10.1. The maximum absolute atomic E-state index is 12.2. The molecule has 2 aliphatic heterocycles. The molecule has 2 aliphatic rings. The number of hydrogen-bond acceptors (Lipinski definition) is 18. The van der Waals surface area contributed by atoms with Crippen LogP contribution in [0.5, 0.6) is 0 Å². The second-order valence-electron chi connectivity index (χ2n) is 10.3. The number of aliphatic hydroxyl groups excluding tert-OH is 2. The van der Waals surface area contributed by atoms with Gasteiger partial charge in [-0.2, -0.15) is 4.98 Å². The van der Waals surface area contributed by atoms with Gasteiger partial charge in [-0.3, -0.25) is 28.0 Å². The molecule has 4 aromatic heterocycles. The molecule has 6 rings (SSSR count). The van der Waals surface area contributed by atoms with Gasteiger partial charge < -0.3 is 55.1 Å². The number of aromatic amines is 1. The number of imidazole rings is 2. The molecule has 0 bridgehead atoms. The van der Waals surface area contributed by atoms with Gasteiger partial charge in [0.15, 0.2) is 35.1 Å². The van der Waals surface area contributed by atoms with Gasteiger partial charge in [0.2, 0.25) is 5.95 Å². The van der Waals surface area contributed by atoms with E-state index < -0.39 is 82.4 Å². The highest BCUT2D eigenvalue weighted by Gasteiger charge is 2.51. The van der Waals surface area contributed by atoms with Crippen LogP contribution in [-0.2, 0) is 44.2 Å². The standard InChI is InChI=1S/C21H28N10O13P2S/c1-39-14-13(8(3-40-45(35,36)37)43-20(14)30-5-26-9-15(22)24-4-25-16(9)30)44-46(38,47)41-2-7-11(32)12(33)19(42-7)31-6-27-10-17(31)28-21(23)29-18(10)34/h4-8,11-14,19-20,32-33H,2-3H2,1H3,(H,38,47)(H2,22,24,25)(H2,35,36,37)(H3,23,28,29,34)/t7-,8-,11+,12?,13?,14+,19-,20-,46?/m1/s1. The van der Waals surface area contributed by atoms with E-state index >= 15 is 0 Å². The van der Waals surface area contributed by atoms with Gasteiger partial charge in [0.1, 0.15) is 48.5 Å². The van der Waals surface area contributed by atoms with E-state index in [9.17, 15) is 34.3 Å². The maximum Gasteiger partial charge on any atom is 0.469 e. The number of hydrogen-bond donors (Lipinski definition) is 8. The molecule has 0 radical (unpaired) electrons. The summed E-state index contributed by atoms with van der Waals surface area (Å²) in [4.78, 5) is 64.3. The highest BCUT2D eigenvalue weighted by atomic mass is 32.5. The second kappa shape index (κ2) is 12.8. The minimum Gasteiger partial charge on any atom is -0.387 e. The third-order valence-electron chi connectivity index (χ3n) is 7.34. The number of H-pyrrole nitrogens is 1. The summed E-state index contributed by atoms with van der Waals surface area (Å²) in [6.07, 6.45) is -6.94. The van der Waals surface area contributed by atoms with Gasteiger partial charge in [-0.05, 0) is 11.8 Å². The van der Waals surface area contributed by atoms with E-state index in [0.717, 1.165) is 0 Å². The van der Waals surface area contributed by atoms with Crippen molar-refractivity contribution in [1.29, 1.82) is 0 Å². The summed E-state index contributed by atoms with van der Waals surface area (Å²) in [5.41, 5.74) is 11.2. The normalized spacial score (nSPS) is 29.6. The molecule has 0 aromatic carbocycles. The monoisotopic (exact) mass is 722 g/mol. The lowest BCUT2D eigenvalue weighted by Gasteiger charge is -2.27. The molecule has 256 valence electrons. The molecular formula is C21H28N10O13P2S. The number of nitrogen functional groups attached to an aromatic ring is 2. The lowest BCUT2D eigenvalue weighted by Crippen LogP contribution is -2.37. The third-order valence-corrected chi connectivity index (χ3v) is 9.39. The highest BCUT2D eigenvalue weighted by Crippen LogP contribution is 2.51. The first-order valence-electron chi connectivity index (χ1n) is 13.4. The smallest absolute Gasteiger partial charge is 0.387 e. The van der Waals surface area contributed by atoms with Crippen LogP contribution >= 0.6 is 14.5 Å². The van der Waals surface area contributed by atoms with Crippen molar-refractivity contribution in [3.05, 3.63) is 29.3 Å². The Hall–Kier alpha value is -3.06. The van der Waals surface area contributed by atoms with E-state index in [1.807, 2.05) is 0 Å². The molecule has 4 aromatic rings. The van der Waals surface area contributed by atoms with Crippen LogP contribution in [-0.4, -0.2) is 121 Å². The van der Waals surface area contributed by atoms with Gasteiger partial charge >= 0.3 is 14.5 Å². The van der Waals surface area contributed by atoms with Crippen LogP contribution in [0.15, 0.2) is 23.8 Å². The van der Waals surface area contributed by atoms with E-state index in [0.29, 0.717) is 0 Å². The minimum atomic E-state index is -4.99. The quantitative estimate of drug-likeness (QED) is 0.0735. The molecule has 0 amide bonds. The fourth-order valence-corrected chi connectivity index (χ4v) is 7.03. The topological polar surface area (TPSA) is 333 Å². The zero-order valence-corrected chi connectivity index (χ0v) is 26.5. The van der Waals surface area contributed by atoms with E-state index in [1.54, 1.807) is 0 Å². The van der Waals surface area contributed by atoms with Gasteiger partial charge in [-0.15, -0.1) is 0 Å². The number of aromatic nitrogens is 8. The first-order valence-corrected chi connectivity index (χ1v) is 17.5. The van der Waals surface area contributed by atoms with Crippen molar-refractivity contribution in [2.45, 2.75) is 49.1 Å². The van der Waals surface area contributed by atoms with Crippen molar-refractivity contribution in [3.8, 4) is 0 Å². The van der Waals surface area contributed by atoms with Crippen LogP contribution in [0.1, 0.15) is 12.5 Å². The molecule has 3 unspecified atom stereocenters. The number of aliphatic hydroxyl groups is 2. The number of ether oxygens (including phenoxy) is 3. The number of methoxy groups -OCH3 is 1. The molecule has 6 heterocycles. The molecule has 0 spiro atoms. The number of anilines is 2. The molecule has 0 saturated carbocycles. The molecule has 26 heteroatoms. The summed E-state index contributed by atoms with van der Waals surface area (Å²) < 4.78 is 47.3. The maximum atomic E-state index is 12.2. The Bertz CT molecular complexity index is 1940. The lowest BCUT2D eigenvalue weighted by molar-refractivity contribution is -0.0578. The Morgan fingerprint density at radius 2 is 1.60 bits per heavy atom. The number of fused-ring (bicyclic) bond motifs is 2. The summed E-state index contributed by atoms with van der Waals surface area (Å²) in [6, 6.07) is 0. The molecule has 10 N–H and O–H groups in total. The fourth-order valence-electron chi connectivity index (χ4n) is 5.25. The Balaban J connectivity index is 1.20. The van der Waals surface area contributed by atoms with Crippen molar-refractivity contribution in [2.75, 3.05) is 31.8 Å². The van der Waals surface area contributed by atoms with E-state index in [4.69, 9.17) is 46.5 Å². The molecule has 9 atom stereocenters. The number of nitrogens with two attached hydrogens (primary N) is 2. The Morgan fingerprint density at radius 1 is 0.936 bits per heavy atom. The van der Waals surface area contributed by atoms with Crippen LogP contribution < -0.4 is 17.0 Å². The van der Waals surface area contributed by atoms with Gasteiger partial charge in [-0.1, -0.05) is 0 Å². The van der Waals surface area contributed by atoms with Crippen molar-refractivity contribution in [1.82, 2.24) is 39.0 Å². The number of rotatable bonds is 11. The average Bonchev–Trinajstić information content (AvgIpc) is 3.75. The third kappa shape index (κ3) is 6.66. The average molecular weight is 723 g/mol. The van der Waals surface area contributed by atoms with Crippen LogP contribution in [0.4, 0.5) is 11.8 Å². The molecule has 23 nitrogen and oxygen atoms in total. The first kappa shape index (κ1) is 33.8. The van der Waals surface area contributed by atoms with Gasteiger partial charge in [-0.25, -0.2) is 24.5 Å². The number of phosphoric acid groups is 1. The van der Waals surface area contributed by atoms with E-state index in [1.165, 1.54) is 35.2 Å². The second-order valence-corrected chi connectivity index (χ2v) is 14.3. The van der Waals surface area contributed by atoms with Gasteiger partial charge in [0, 0.05) is 7.11 Å². The summed E-state index contributed by atoms with van der Waals surface area (Å²) in [5, 5.41) is 21.4. The van der Waals surface area contributed by atoms with Crippen LogP contribution in [0.25, 0.3) is 22.3 Å². The number of phosphoric ester groups is 1. The molecule has 2 saturated heterocycles. The van der Waals surface area contributed by atoms with Crippen LogP contribution in [0, 0.1) is 0 Å². The Labute approximate surface area is 266 Å².